The molecule has 1 fully saturated rings. The highest BCUT2D eigenvalue weighted by Crippen LogP contribution is 2.38. The number of aryl methyl sites for hydroxylation is 2. The van der Waals surface area contributed by atoms with Crippen molar-refractivity contribution in [2.45, 2.75) is 13.8 Å². The van der Waals surface area contributed by atoms with Gasteiger partial charge in [-0.15, -0.1) is 0 Å². The number of amides is 1. The molecule has 0 atom stereocenters. The van der Waals surface area contributed by atoms with Crippen LogP contribution < -0.4 is 14.2 Å². The maximum absolute atomic E-state index is 12.2. The number of ether oxygens (including phenoxy) is 3. The van der Waals surface area contributed by atoms with E-state index in [-0.39, 0.29) is 5.91 Å². The number of benzene rings is 2. The molecule has 1 aliphatic rings. The Kier molecular flexibility index (Phi) is 7.28. The summed E-state index contributed by atoms with van der Waals surface area (Å²) in [6.45, 7) is 4.72. The molecule has 0 radical (unpaired) electrons. The zero-order valence-corrected chi connectivity index (χ0v) is 19.5. The van der Waals surface area contributed by atoms with Gasteiger partial charge in [-0.05, 0) is 60.9 Å². The first-order valence-electron chi connectivity index (χ1n) is 9.21. The Bertz CT molecular complexity index is 1000. The average Bonchev–Trinajstić information content (AvgIpc) is 2.92. The largest absolute Gasteiger partial charge is 0.493 e. The number of carbonyl (C=O) groups is 1. The number of likely N-dealkylation sites (N-methyl/N-ethyl adjacent to an activating group) is 1. The SMILES string of the molecule is COc1cc(/C=C2\SC(=S)N(C)C2=O)cc(Cl)c1OCCOc1cc(C)cc(C)c1. The smallest absolute Gasteiger partial charge is 0.265 e. The first kappa shape index (κ1) is 22.5. The van der Waals surface area contributed by atoms with Crippen LogP contribution in [0.5, 0.6) is 17.2 Å². The van der Waals surface area contributed by atoms with Crippen LogP contribution in [0, 0.1) is 13.8 Å². The van der Waals surface area contributed by atoms with Crippen LogP contribution in [0.4, 0.5) is 0 Å². The van der Waals surface area contributed by atoms with Gasteiger partial charge in [0.05, 0.1) is 17.0 Å². The van der Waals surface area contributed by atoms with Gasteiger partial charge in [-0.1, -0.05) is 41.6 Å². The van der Waals surface area contributed by atoms with Crippen molar-refractivity contribution in [1.29, 1.82) is 0 Å². The average molecular weight is 464 g/mol. The molecule has 1 aliphatic heterocycles. The van der Waals surface area contributed by atoms with Gasteiger partial charge in [0.1, 0.15) is 23.3 Å². The molecule has 1 saturated heterocycles. The first-order valence-corrected chi connectivity index (χ1v) is 10.8. The zero-order chi connectivity index (χ0) is 21.8. The molecule has 0 unspecified atom stereocenters. The van der Waals surface area contributed by atoms with E-state index in [1.165, 1.54) is 16.7 Å². The standard InChI is InChI=1S/C22H22ClNO4S2/c1-13-7-14(2)9-16(8-13)27-5-6-28-20-17(23)10-15(11-18(20)26-4)12-19-21(25)24(3)22(29)30-19/h7-12H,5-6H2,1-4H3/b19-12-. The Hall–Kier alpha value is -2.22. The summed E-state index contributed by atoms with van der Waals surface area (Å²) in [5.41, 5.74) is 3.02. The number of hydrogen-bond donors (Lipinski definition) is 0. The quantitative estimate of drug-likeness (QED) is 0.317. The van der Waals surface area contributed by atoms with Crippen molar-refractivity contribution in [2.75, 3.05) is 27.4 Å². The van der Waals surface area contributed by atoms with Gasteiger partial charge in [-0.25, -0.2) is 0 Å². The molecule has 8 heteroatoms. The van der Waals surface area contributed by atoms with Crippen LogP contribution >= 0.6 is 35.6 Å². The summed E-state index contributed by atoms with van der Waals surface area (Å²) >= 11 is 12.8. The van der Waals surface area contributed by atoms with E-state index in [0.29, 0.717) is 39.0 Å². The van der Waals surface area contributed by atoms with E-state index in [1.807, 2.05) is 26.0 Å². The fraction of sp³-hybridized carbons (Fsp3) is 0.273. The zero-order valence-electron chi connectivity index (χ0n) is 17.2. The monoisotopic (exact) mass is 463 g/mol. The van der Waals surface area contributed by atoms with E-state index in [2.05, 4.69) is 6.07 Å². The third kappa shape index (κ3) is 5.28. The van der Waals surface area contributed by atoms with Gasteiger partial charge in [0.2, 0.25) is 0 Å². The third-order valence-electron chi connectivity index (χ3n) is 4.33. The minimum Gasteiger partial charge on any atom is -0.493 e. The molecule has 0 N–H and O–H groups in total. The summed E-state index contributed by atoms with van der Waals surface area (Å²) in [5, 5.41) is 0.388. The Morgan fingerprint density at radius 3 is 2.37 bits per heavy atom. The van der Waals surface area contributed by atoms with Crippen LogP contribution in [-0.2, 0) is 4.79 Å². The number of carbonyl (C=O) groups excluding carboxylic acids is 1. The van der Waals surface area contributed by atoms with Crippen LogP contribution in [0.2, 0.25) is 5.02 Å². The molecule has 30 heavy (non-hydrogen) atoms. The number of rotatable bonds is 7. The predicted octanol–water partition coefficient (Wildman–Crippen LogP) is 5.25. The molecular formula is C22H22ClNO4S2. The first-order chi connectivity index (χ1) is 14.3. The number of hydrogen-bond acceptors (Lipinski definition) is 6. The molecule has 0 saturated carbocycles. The van der Waals surface area contributed by atoms with E-state index in [1.54, 1.807) is 32.4 Å². The van der Waals surface area contributed by atoms with Gasteiger partial charge in [-0.2, -0.15) is 0 Å². The van der Waals surface area contributed by atoms with Gasteiger partial charge in [0, 0.05) is 7.05 Å². The van der Waals surface area contributed by atoms with E-state index in [4.69, 9.17) is 38.0 Å². The lowest BCUT2D eigenvalue weighted by Crippen LogP contribution is -2.22. The van der Waals surface area contributed by atoms with Crippen molar-refractivity contribution < 1.29 is 19.0 Å². The van der Waals surface area contributed by atoms with Crippen LogP contribution in [-0.4, -0.2) is 42.5 Å². The van der Waals surface area contributed by atoms with Crippen LogP contribution in [0.1, 0.15) is 16.7 Å². The van der Waals surface area contributed by atoms with Gasteiger partial charge in [0.15, 0.2) is 11.5 Å². The van der Waals surface area contributed by atoms with Gasteiger partial charge in [-0.3, -0.25) is 9.69 Å². The summed E-state index contributed by atoms with van der Waals surface area (Å²) in [4.78, 5) is 14.2. The second-order valence-electron chi connectivity index (χ2n) is 6.80. The lowest BCUT2D eigenvalue weighted by molar-refractivity contribution is -0.121. The topological polar surface area (TPSA) is 48.0 Å². The van der Waals surface area contributed by atoms with Crippen molar-refractivity contribution in [2.24, 2.45) is 0 Å². The summed E-state index contributed by atoms with van der Waals surface area (Å²) in [6, 6.07) is 9.55. The van der Waals surface area contributed by atoms with E-state index in [9.17, 15) is 4.79 Å². The summed E-state index contributed by atoms with van der Waals surface area (Å²) < 4.78 is 17.6. The van der Waals surface area contributed by atoms with Crippen LogP contribution in [0.25, 0.3) is 6.08 Å². The molecule has 2 aromatic carbocycles. The minimum atomic E-state index is -0.135. The summed E-state index contributed by atoms with van der Waals surface area (Å²) in [5.74, 6) is 1.58. The summed E-state index contributed by atoms with van der Waals surface area (Å²) in [7, 11) is 3.20. The van der Waals surface area contributed by atoms with Crippen molar-refractivity contribution in [3.05, 3.63) is 56.9 Å². The fourth-order valence-corrected chi connectivity index (χ4v) is 4.43. The van der Waals surface area contributed by atoms with Crippen LogP contribution in [0.3, 0.4) is 0 Å². The van der Waals surface area contributed by atoms with Gasteiger partial charge in [0.25, 0.3) is 5.91 Å². The molecule has 0 aliphatic carbocycles. The number of thiocarbonyl (C=S) groups is 1. The number of nitrogens with zero attached hydrogens (tertiary/aromatic N) is 1. The fourth-order valence-electron chi connectivity index (χ4n) is 2.98. The van der Waals surface area contributed by atoms with E-state index in [0.717, 1.165) is 22.4 Å². The molecule has 5 nitrogen and oxygen atoms in total. The Labute approximate surface area is 190 Å². The second-order valence-corrected chi connectivity index (χ2v) is 8.88. The predicted molar refractivity (Wildman–Crippen MR) is 126 cm³/mol. The normalized spacial score (nSPS) is 15.1. The maximum atomic E-state index is 12.2. The Balaban J connectivity index is 1.68. The highest BCUT2D eigenvalue weighted by Gasteiger charge is 2.28. The third-order valence-corrected chi connectivity index (χ3v) is 6.10. The van der Waals surface area contributed by atoms with Gasteiger partial charge < -0.3 is 14.2 Å². The molecule has 3 rings (SSSR count). The molecule has 1 heterocycles. The van der Waals surface area contributed by atoms with Crippen molar-refractivity contribution in [3.63, 3.8) is 0 Å². The van der Waals surface area contributed by atoms with Crippen LogP contribution in [0.15, 0.2) is 35.2 Å². The molecule has 0 spiro atoms. The highest BCUT2D eigenvalue weighted by atomic mass is 35.5. The number of methoxy groups -OCH3 is 1. The van der Waals surface area contributed by atoms with Crippen molar-refractivity contribution in [1.82, 2.24) is 4.90 Å². The van der Waals surface area contributed by atoms with Crippen molar-refractivity contribution >= 4 is 51.9 Å². The van der Waals surface area contributed by atoms with Gasteiger partial charge >= 0.3 is 0 Å². The Morgan fingerprint density at radius 1 is 1.10 bits per heavy atom. The molecule has 0 aromatic heterocycles. The lowest BCUT2D eigenvalue weighted by Gasteiger charge is -2.14. The van der Waals surface area contributed by atoms with Crippen molar-refractivity contribution in [3.8, 4) is 17.2 Å². The molecule has 2 aromatic rings. The molecule has 1 amide bonds. The molecule has 0 bridgehead atoms. The number of halogens is 1. The summed E-state index contributed by atoms with van der Waals surface area (Å²) in [6.07, 6.45) is 1.74. The number of thioether (sulfide) groups is 1. The van der Waals surface area contributed by atoms with E-state index < -0.39 is 0 Å². The minimum absolute atomic E-state index is 0.135. The lowest BCUT2D eigenvalue weighted by atomic mass is 10.1. The second kappa shape index (κ2) is 9.73. The molecular weight excluding hydrogens is 442 g/mol. The molecule has 158 valence electrons. The maximum Gasteiger partial charge on any atom is 0.265 e. The Morgan fingerprint density at radius 2 is 1.77 bits per heavy atom. The highest BCUT2D eigenvalue weighted by molar-refractivity contribution is 8.26. The van der Waals surface area contributed by atoms with E-state index >= 15 is 0 Å².